The van der Waals surface area contributed by atoms with Crippen LogP contribution in [0.5, 0.6) is 0 Å². The fourth-order valence-electron chi connectivity index (χ4n) is 2.39. The zero-order valence-corrected chi connectivity index (χ0v) is 15.3. The first-order valence-corrected chi connectivity index (χ1v) is 9.77. The molecule has 5 nitrogen and oxygen atoms in total. The van der Waals surface area contributed by atoms with Crippen LogP contribution >= 0.6 is 0 Å². The van der Waals surface area contributed by atoms with Gasteiger partial charge in [-0.05, 0) is 23.6 Å². The van der Waals surface area contributed by atoms with Gasteiger partial charge in [0.05, 0.1) is 11.9 Å². The van der Waals surface area contributed by atoms with E-state index in [1.807, 2.05) is 37.3 Å². The number of hydrogen-bond donors (Lipinski definition) is 1. The van der Waals surface area contributed by atoms with Crippen molar-refractivity contribution in [1.29, 1.82) is 0 Å². The van der Waals surface area contributed by atoms with Crippen LogP contribution in [0, 0.1) is 11.6 Å². The average molecular weight is 382 g/mol. The zero-order chi connectivity index (χ0) is 19.3. The highest BCUT2D eigenvalue weighted by molar-refractivity contribution is 7.92. The van der Waals surface area contributed by atoms with Crippen molar-refractivity contribution in [3.63, 3.8) is 0 Å². The first kappa shape index (κ1) is 19.8. The van der Waals surface area contributed by atoms with Crippen LogP contribution in [0.1, 0.15) is 18.4 Å². The van der Waals surface area contributed by atoms with E-state index in [1.165, 1.54) is 0 Å². The molecular weight excluding hydrogens is 362 g/mol. The molecule has 0 aliphatic rings. The zero-order valence-electron chi connectivity index (χ0n) is 14.4. The molecule has 0 aliphatic heterocycles. The lowest BCUT2D eigenvalue weighted by molar-refractivity contribution is -0.119. The van der Waals surface area contributed by atoms with Crippen LogP contribution < -0.4 is 9.62 Å². The van der Waals surface area contributed by atoms with Crippen molar-refractivity contribution >= 4 is 21.6 Å². The molecule has 0 saturated heterocycles. The maximum atomic E-state index is 13.4. The van der Waals surface area contributed by atoms with Gasteiger partial charge in [0.25, 0.3) is 0 Å². The molecule has 0 unspecified atom stereocenters. The Bertz CT molecular complexity index is 873. The average Bonchev–Trinajstić information content (AvgIpc) is 2.60. The minimum absolute atomic E-state index is 0.0371. The van der Waals surface area contributed by atoms with E-state index in [4.69, 9.17) is 0 Å². The standard InChI is InChI=1S/C18H20F2N2O3S/c1-13(14-6-4-3-5-7-14)11-21-18(23)12-22(26(2,24)25)15-8-9-16(19)17(20)10-15/h3-10,13H,11-12H2,1-2H3,(H,21,23)/t13-/m1/s1. The molecule has 0 saturated carbocycles. The number of sulfonamides is 1. The number of nitrogens with zero attached hydrogens (tertiary/aromatic N) is 1. The van der Waals surface area contributed by atoms with Crippen molar-refractivity contribution < 1.29 is 22.0 Å². The number of carbonyl (C=O) groups excluding carboxylic acids is 1. The smallest absolute Gasteiger partial charge is 0.240 e. The van der Waals surface area contributed by atoms with Crippen molar-refractivity contribution in [2.45, 2.75) is 12.8 Å². The van der Waals surface area contributed by atoms with E-state index in [9.17, 15) is 22.0 Å². The highest BCUT2D eigenvalue weighted by Crippen LogP contribution is 2.20. The monoisotopic (exact) mass is 382 g/mol. The topological polar surface area (TPSA) is 66.5 Å². The molecule has 0 spiro atoms. The second-order valence-electron chi connectivity index (χ2n) is 5.98. The largest absolute Gasteiger partial charge is 0.354 e. The predicted octanol–water partition coefficient (Wildman–Crippen LogP) is 2.65. The summed E-state index contributed by atoms with van der Waals surface area (Å²) < 4.78 is 51.1. The quantitative estimate of drug-likeness (QED) is 0.801. The van der Waals surface area contributed by atoms with Gasteiger partial charge in [0.1, 0.15) is 6.54 Å². The number of anilines is 1. The van der Waals surface area contributed by atoms with Gasteiger partial charge in [0.15, 0.2) is 11.6 Å². The summed E-state index contributed by atoms with van der Waals surface area (Å²) in [7, 11) is -3.85. The number of amides is 1. The SMILES string of the molecule is C[C@H](CNC(=O)CN(c1ccc(F)c(F)c1)S(C)(=O)=O)c1ccccc1. The first-order chi connectivity index (χ1) is 12.2. The summed E-state index contributed by atoms with van der Waals surface area (Å²) in [4.78, 5) is 12.2. The summed E-state index contributed by atoms with van der Waals surface area (Å²) in [6.45, 7) is 1.73. The van der Waals surface area contributed by atoms with E-state index in [2.05, 4.69) is 5.32 Å². The first-order valence-electron chi connectivity index (χ1n) is 7.93. The van der Waals surface area contributed by atoms with Gasteiger partial charge >= 0.3 is 0 Å². The van der Waals surface area contributed by atoms with Gasteiger partial charge in [0.2, 0.25) is 15.9 Å². The Labute approximate surface area is 151 Å². The summed E-state index contributed by atoms with van der Waals surface area (Å²) in [6, 6.07) is 12.2. The van der Waals surface area contributed by atoms with Crippen LogP contribution in [0.15, 0.2) is 48.5 Å². The van der Waals surface area contributed by atoms with Crippen molar-refractivity contribution in [3.8, 4) is 0 Å². The minimum atomic E-state index is -3.85. The molecule has 2 aromatic rings. The van der Waals surface area contributed by atoms with Gasteiger partial charge in [-0.3, -0.25) is 9.10 Å². The van der Waals surface area contributed by atoms with Gasteiger partial charge in [-0.1, -0.05) is 37.3 Å². The number of halogens is 2. The third kappa shape index (κ3) is 5.26. The normalized spacial score (nSPS) is 12.5. The third-order valence-corrected chi connectivity index (χ3v) is 4.99. The molecule has 1 atom stereocenters. The molecule has 2 aromatic carbocycles. The highest BCUT2D eigenvalue weighted by Gasteiger charge is 2.22. The summed E-state index contributed by atoms with van der Waals surface area (Å²) in [5.74, 6) is -2.78. The lowest BCUT2D eigenvalue weighted by Gasteiger charge is -2.22. The Hall–Kier alpha value is -2.48. The molecule has 1 N–H and O–H groups in total. The van der Waals surface area contributed by atoms with Gasteiger partial charge in [-0.25, -0.2) is 17.2 Å². The van der Waals surface area contributed by atoms with E-state index in [0.29, 0.717) is 6.54 Å². The summed E-state index contributed by atoms with van der Waals surface area (Å²) in [6.07, 6.45) is 0.897. The Kier molecular flexibility index (Phi) is 6.31. The van der Waals surface area contributed by atoms with E-state index in [-0.39, 0.29) is 11.6 Å². The van der Waals surface area contributed by atoms with Crippen molar-refractivity contribution in [2.75, 3.05) is 23.7 Å². The number of nitrogens with one attached hydrogen (secondary N) is 1. The molecule has 0 fully saturated rings. The van der Waals surface area contributed by atoms with Crippen LogP contribution in [-0.4, -0.2) is 33.7 Å². The van der Waals surface area contributed by atoms with Crippen molar-refractivity contribution in [1.82, 2.24) is 5.32 Å². The molecule has 2 rings (SSSR count). The minimum Gasteiger partial charge on any atom is -0.354 e. The molecule has 1 amide bonds. The summed E-state index contributed by atoms with van der Waals surface area (Å²) >= 11 is 0. The van der Waals surface area contributed by atoms with Crippen LogP contribution in [-0.2, 0) is 14.8 Å². The summed E-state index contributed by atoms with van der Waals surface area (Å²) in [5.41, 5.74) is 0.922. The molecule has 0 bridgehead atoms. The Morgan fingerprint density at radius 3 is 2.35 bits per heavy atom. The molecule has 140 valence electrons. The molecular formula is C18H20F2N2O3S. The lowest BCUT2D eigenvalue weighted by Crippen LogP contribution is -2.41. The fraction of sp³-hybridized carbons (Fsp3) is 0.278. The van der Waals surface area contributed by atoms with Crippen LogP contribution in [0.25, 0.3) is 0 Å². The summed E-state index contributed by atoms with van der Waals surface area (Å²) in [5, 5.41) is 2.67. The fourth-order valence-corrected chi connectivity index (χ4v) is 3.24. The molecule has 26 heavy (non-hydrogen) atoms. The Balaban J connectivity index is 2.06. The van der Waals surface area contributed by atoms with Gasteiger partial charge in [0, 0.05) is 12.6 Å². The van der Waals surface area contributed by atoms with Gasteiger partial charge in [-0.15, -0.1) is 0 Å². The number of hydrogen-bond acceptors (Lipinski definition) is 3. The van der Waals surface area contributed by atoms with Gasteiger partial charge < -0.3 is 5.32 Å². The van der Waals surface area contributed by atoms with E-state index < -0.39 is 34.1 Å². The molecule has 0 radical (unpaired) electrons. The molecule has 0 aromatic heterocycles. The van der Waals surface area contributed by atoms with Crippen molar-refractivity contribution in [3.05, 3.63) is 65.7 Å². The second-order valence-corrected chi connectivity index (χ2v) is 7.89. The maximum absolute atomic E-state index is 13.4. The van der Waals surface area contributed by atoms with Crippen molar-refractivity contribution in [2.24, 2.45) is 0 Å². The number of carbonyl (C=O) groups is 1. The van der Waals surface area contributed by atoms with E-state index in [0.717, 1.165) is 34.3 Å². The van der Waals surface area contributed by atoms with Crippen LogP contribution in [0.4, 0.5) is 14.5 Å². The molecule has 0 heterocycles. The number of benzene rings is 2. The number of rotatable bonds is 7. The maximum Gasteiger partial charge on any atom is 0.240 e. The van der Waals surface area contributed by atoms with E-state index in [1.54, 1.807) is 0 Å². The third-order valence-electron chi connectivity index (χ3n) is 3.85. The lowest BCUT2D eigenvalue weighted by atomic mass is 10.0. The van der Waals surface area contributed by atoms with Crippen LogP contribution in [0.3, 0.4) is 0 Å². The predicted molar refractivity (Wildman–Crippen MR) is 96.4 cm³/mol. The van der Waals surface area contributed by atoms with Crippen LogP contribution in [0.2, 0.25) is 0 Å². The Morgan fingerprint density at radius 2 is 1.77 bits per heavy atom. The highest BCUT2D eigenvalue weighted by atomic mass is 32.2. The molecule has 8 heteroatoms. The van der Waals surface area contributed by atoms with Gasteiger partial charge in [-0.2, -0.15) is 0 Å². The Morgan fingerprint density at radius 1 is 1.12 bits per heavy atom. The second kappa shape index (κ2) is 8.27. The molecule has 0 aliphatic carbocycles. The van der Waals surface area contributed by atoms with E-state index >= 15 is 0 Å².